The van der Waals surface area contributed by atoms with E-state index in [1.807, 2.05) is 0 Å². The monoisotopic (exact) mass is 1510 g/mol. The van der Waals surface area contributed by atoms with Gasteiger partial charge in [-0.15, -0.1) is 0 Å². The van der Waals surface area contributed by atoms with Crippen LogP contribution in [0.25, 0.3) is 0 Å². The number of carbonyl (C=O) groups excluding carboxylic acids is 4. The summed E-state index contributed by atoms with van der Waals surface area (Å²) in [5, 5.41) is 10.7. The molecule has 19 heteroatoms. The first-order chi connectivity index (χ1) is 50.0. The van der Waals surface area contributed by atoms with Crippen molar-refractivity contribution in [3.05, 3.63) is 0 Å². The van der Waals surface area contributed by atoms with Crippen LogP contribution in [0.5, 0.6) is 0 Å². The number of aliphatic hydroxyl groups excluding tert-OH is 1. The van der Waals surface area contributed by atoms with E-state index in [1.165, 1.54) is 276 Å². The molecule has 0 saturated carbocycles. The molecule has 5 atom stereocenters. The van der Waals surface area contributed by atoms with Crippen LogP contribution in [-0.2, 0) is 65.4 Å². The fourth-order valence-electron chi connectivity index (χ4n) is 13.1. The van der Waals surface area contributed by atoms with Crippen LogP contribution in [0.15, 0.2) is 0 Å². The number of aliphatic hydroxyl groups is 1. The lowest BCUT2D eigenvalue weighted by molar-refractivity contribution is -0.161. The molecule has 0 fully saturated rings. The predicted octanol–water partition coefficient (Wildman–Crippen LogP) is 25.6. The van der Waals surface area contributed by atoms with Gasteiger partial charge in [0.1, 0.15) is 19.3 Å². The summed E-state index contributed by atoms with van der Waals surface area (Å²) in [6, 6.07) is 0. The summed E-state index contributed by atoms with van der Waals surface area (Å²) in [6.07, 6.45) is 69.3. The minimum absolute atomic E-state index is 0.108. The number of carbonyl (C=O) groups is 4. The maximum atomic E-state index is 13.1. The molecular formula is C84H164O17P2. The van der Waals surface area contributed by atoms with E-state index in [1.54, 1.807) is 0 Å². The quantitative estimate of drug-likeness (QED) is 0.0222. The molecule has 103 heavy (non-hydrogen) atoms. The van der Waals surface area contributed by atoms with Crippen LogP contribution in [-0.4, -0.2) is 96.7 Å². The Kier molecular flexibility index (Phi) is 75.4. The number of hydrogen-bond donors (Lipinski definition) is 3. The zero-order valence-corrected chi connectivity index (χ0v) is 69.3. The van der Waals surface area contributed by atoms with Gasteiger partial charge in [-0.1, -0.05) is 401 Å². The van der Waals surface area contributed by atoms with Gasteiger partial charge in [-0.2, -0.15) is 0 Å². The van der Waals surface area contributed by atoms with Gasteiger partial charge < -0.3 is 33.8 Å². The van der Waals surface area contributed by atoms with Gasteiger partial charge in [-0.25, -0.2) is 9.13 Å². The van der Waals surface area contributed by atoms with Crippen molar-refractivity contribution >= 4 is 39.5 Å². The summed E-state index contributed by atoms with van der Waals surface area (Å²) in [7, 11) is -9.92. The molecule has 0 radical (unpaired) electrons. The van der Waals surface area contributed by atoms with Gasteiger partial charge in [-0.3, -0.25) is 37.3 Å². The highest BCUT2D eigenvalue weighted by Crippen LogP contribution is 2.45. The van der Waals surface area contributed by atoms with Gasteiger partial charge in [0.25, 0.3) is 0 Å². The average molecular weight is 1510 g/mol. The fraction of sp³-hybridized carbons (Fsp3) is 0.952. The summed E-state index contributed by atoms with van der Waals surface area (Å²) < 4.78 is 68.9. The second-order valence-electron chi connectivity index (χ2n) is 30.7. The third-order valence-corrected chi connectivity index (χ3v) is 21.7. The molecule has 612 valence electrons. The molecule has 0 aliphatic rings. The van der Waals surface area contributed by atoms with E-state index in [2.05, 4.69) is 34.6 Å². The Morgan fingerprint density at radius 3 is 0.660 bits per heavy atom. The Morgan fingerprint density at radius 2 is 0.447 bits per heavy atom. The Labute approximate surface area is 632 Å². The number of hydrogen-bond acceptors (Lipinski definition) is 15. The minimum atomic E-state index is -4.96. The Balaban J connectivity index is 5.25. The molecule has 0 bridgehead atoms. The fourth-order valence-corrected chi connectivity index (χ4v) is 14.7. The van der Waals surface area contributed by atoms with Gasteiger partial charge >= 0.3 is 39.5 Å². The van der Waals surface area contributed by atoms with E-state index >= 15 is 0 Å². The number of ether oxygens (including phenoxy) is 4. The summed E-state index contributed by atoms with van der Waals surface area (Å²) in [4.78, 5) is 73.2. The molecule has 17 nitrogen and oxygen atoms in total. The highest BCUT2D eigenvalue weighted by atomic mass is 31.2. The first kappa shape index (κ1) is 101. The molecule has 0 rings (SSSR count). The zero-order chi connectivity index (χ0) is 75.5. The molecule has 0 aliphatic heterocycles. The van der Waals surface area contributed by atoms with Crippen molar-refractivity contribution in [3.63, 3.8) is 0 Å². The Morgan fingerprint density at radius 1 is 0.262 bits per heavy atom. The van der Waals surface area contributed by atoms with Crippen LogP contribution < -0.4 is 0 Å². The Hall–Kier alpha value is -1.94. The Bertz CT molecular complexity index is 1960. The standard InChI is InChI=1S/C84H164O17P2/c1-6-9-12-15-18-21-24-27-29-31-32-33-34-36-38-44-49-54-59-64-69-83(88)100-80(74-95-82(87)68-63-58-53-48-43-37-35-30-28-25-22-19-16-13-10-7-2)76-99-103(92,93)97-72-78(85)71-96-102(90,91)98-75-79(73-94-81(86)67-62-57-52-47-42-26-23-20-17-14-11-8-3)101-84(89)70-65-60-55-50-45-40-39-41-46-51-56-61-66-77(4)5/h77-80,85H,6-76H2,1-5H3,(H,90,91)(H,92,93)/t78-,79+,80+/m0/s1. The zero-order valence-electron chi connectivity index (χ0n) is 67.5. The van der Waals surface area contributed by atoms with E-state index in [0.717, 1.165) is 95.8 Å². The molecular weight excluding hydrogens is 1340 g/mol. The highest BCUT2D eigenvalue weighted by Gasteiger charge is 2.30. The maximum Gasteiger partial charge on any atom is 0.472 e. The summed E-state index contributed by atoms with van der Waals surface area (Å²) in [5.74, 6) is -1.32. The van der Waals surface area contributed by atoms with Gasteiger partial charge in [-0.05, 0) is 31.6 Å². The van der Waals surface area contributed by atoms with Crippen molar-refractivity contribution in [2.24, 2.45) is 5.92 Å². The summed E-state index contributed by atoms with van der Waals surface area (Å²) in [6.45, 7) is 7.37. The summed E-state index contributed by atoms with van der Waals surface area (Å²) in [5.41, 5.74) is 0. The summed E-state index contributed by atoms with van der Waals surface area (Å²) >= 11 is 0. The number of phosphoric acid groups is 2. The van der Waals surface area contributed by atoms with E-state index in [-0.39, 0.29) is 25.7 Å². The van der Waals surface area contributed by atoms with E-state index in [4.69, 9.17) is 37.0 Å². The number of phosphoric ester groups is 2. The number of esters is 4. The van der Waals surface area contributed by atoms with Crippen molar-refractivity contribution < 1.29 is 80.2 Å². The topological polar surface area (TPSA) is 237 Å². The molecule has 0 spiro atoms. The molecule has 3 N–H and O–H groups in total. The predicted molar refractivity (Wildman–Crippen MR) is 423 cm³/mol. The molecule has 0 aromatic heterocycles. The van der Waals surface area contributed by atoms with Crippen LogP contribution in [0.3, 0.4) is 0 Å². The van der Waals surface area contributed by atoms with Crippen molar-refractivity contribution in [1.29, 1.82) is 0 Å². The van der Waals surface area contributed by atoms with Crippen LogP contribution in [0.1, 0.15) is 452 Å². The lowest BCUT2D eigenvalue weighted by atomic mass is 10.0. The largest absolute Gasteiger partial charge is 0.472 e. The second kappa shape index (κ2) is 76.8. The van der Waals surface area contributed by atoms with Crippen LogP contribution in [0, 0.1) is 5.92 Å². The third-order valence-electron chi connectivity index (χ3n) is 19.8. The van der Waals surface area contributed by atoms with E-state index in [9.17, 15) is 43.2 Å². The van der Waals surface area contributed by atoms with Crippen LogP contribution in [0.4, 0.5) is 0 Å². The van der Waals surface area contributed by atoms with Gasteiger partial charge in [0.2, 0.25) is 0 Å². The SMILES string of the molecule is CCCCCCCCCCCCCCCCCCCCCCC(=O)O[C@H](COC(=O)CCCCCCCCCCCCCCCCCC)COP(=O)(O)OC[C@@H](O)COP(=O)(O)OC[C@@H](COC(=O)CCCCCCCCCCCCCC)OC(=O)CCCCCCCCCCCCCCC(C)C. The van der Waals surface area contributed by atoms with Crippen molar-refractivity contribution in [1.82, 2.24) is 0 Å². The lowest BCUT2D eigenvalue weighted by Crippen LogP contribution is -2.30. The van der Waals surface area contributed by atoms with Crippen molar-refractivity contribution in [3.8, 4) is 0 Å². The van der Waals surface area contributed by atoms with Crippen LogP contribution in [0.2, 0.25) is 0 Å². The van der Waals surface area contributed by atoms with Crippen molar-refractivity contribution in [2.45, 2.75) is 470 Å². The average Bonchev–Trinajstić information content (AvgIpc) is 0.923. The first-order valence-corrected chi connectivity index (χ1v) is 46.6. The normalized spacial score (nSPS) is 13.8. The second-order valence-corrected chi connectivity index (χ2v) is 33.6. The number of rotatable bonds is 84. The van der Waals surface area contributed by atoms with Gasteiger partial charge in [0, 0.05) is 25.7 Å². The van der Waals surface area contributed by atoms with Crippen LogP contribution >= 0.6 is 15.6 Å². The van der Waals surface area contributed by atoms with E-state index in [0.29, 0.717) is 25.7 Å². The molecule has 0 heterocycles. The molecule has 2 unspecified atom stereocenters. The highest BCUT2D eigenvalue weighted by molar-refractivity contribution is 7.47. The van der Waals surface area contributed by atoms with E-state index < -0.39 is 97.5 Å². The minimum Gasteiger partial charge on any atom is -0.462 e. The maximum absolute atomic E-state index is 13.1. The van der Waals surface area contributed by atoms with Gasteiger partial charge in [0.15, 0.2) is 12.2 Å². The first-order valence-electron chi connectivity index (χ1n) is 43.6. The molecule has 0 aromatic carbocycles. The smallest absolute Gasteiger partial charge is 0.462 e. The lowest BCUT2D eigenvalue weighted by Gasteiger charge is -2.21. The van der Waals surface area contributed by atoms with Crippen molar-refractivity contribution in [2.75, 3.05) is 39.6 Å². The number of unbranched alkanes of at least 4 members (excludes halogenated alkanes) is 56. The molecule has 0 aliphatic carbocycles. The van der Waals surface area contributed by atoms with Gasteiger partial charge in [0.05, 0.1) is 26.4 Å². The molecule has 0 amide bonds. The third kappa shape index (κ3) is 78.0. The molecule has 0 saturated heterocycles. The molecule has 0 aromatic rings.